The summed E-state index contributed by atoms with van der Waals surface area (Å²) in [6, 6.07) is 4.54. The minimum atomic E-state index is -0.329. The van der Waals surface area contributed by atoms with E-state index in [1.54, 1.807) is 0 Å². The number of likely N-dealkylation sites (tertiary alicyclic amines) is 1. The van der Waals surface area contributed by atoms with Gasteiger partial charge in [-0.1, -0.05) is 64.4 Å². The molecule has 1 spiro atoms. The van der Waals surface area contributed by atoms with Crippen LogP contribution in [0.4, 0.5) is 0 Å². The van der Waals surface area contributed by atoms with E-state index in [2.05, 4.69) is 22.8 Å². The highest BCUT2D eigenvalue weighted by Gasteiger charge is 2.67. The van der Waals surface area contributed by atoms with E-state index in [1.807, 2.05) is 6.07 Å². The predicted molar refractivity (Wildman–Crippen MR) is 170 cm³/mol. The van der Waals surface area contributed by atoms with Crippen molar-refractivity contribution in [2.45, 2.75) is 146 Å². The lowest BCUT2D eigenvalue weighted by Gasteiger charge is -2.60. The summed E-state index contributed by atoms with van der Waals surface area (Å²) in [7, 11) is 0. The fourth-order valence-electron chi connectivity index (χ4n) is 10.2. The van der Waals surface area contributed by atoms with Crippen LogP contribution in [-0.4, -0.2) is 70.7 Å². The van der Waals surface area contributed by atoms with Crippen LogP contribution in [-0.2, 0) is 21.4 Å². The second kappa shape index (κ2) is 12.6. The monoisotopic (exact) mass is 606 g/mol. The lowest BCUT2D eigenvalue weighted by molar-refractivity contribution is -0.143. The van der Waals surface area contributed by atoms with Crippen molar-refractivity contribution >= 4 is 11.9 Å². The Hall–Kier alpha value is -2.12. The Labute approximate surface area is 264 Å². The summed E-state index contributed by atoms with van der Waals surface area (Å²) in [5.41, 5.74) is 2.42. The minimum Gasteiger partial charge on any atom is -0.483 e. The molecule has 7 rings (SSSR count). The summed E-state index contributed by atoms with van der Waals surface area (Å²) in [4.78, 5) is 31.1. The first-order chi connectivity index (χ1) is 21.4. The molecule has 2 bridgehead atoms. The summed E-state index contributed by atoms with van der Waals surface area (Å²) in [6.45, 7) is 6.41. The smallest absolute Gasteiger partial charge is 0.308 e. The maximum atomic E-state index is 14.1. The molecule has 3 saturated carbocycles. The van der Waals surface area contributed by atoms with E-state index in [0.717, 1.165) is 89.1 Å². The molecule has 0 aromatic heterocycles. The molecule has 1 aromatic carbocycles. The Bertz CT molecular complexity index is 1230. The molecule has 4 aliphatic carbocycles. The van der Waals surface area contributed by atoms with Crippen LogP contribution in [0.3, 0.4) is 0 Å². The molecule has 2 aliphatic heterocycles. The molecular formula is C37H54N2O5. The van der Waals surface area contributed by atoms with E-state index in [0.29, 0.717) is 36.0 Å². The second-order valence-electron chi connectivity index (χ2n) is 15.1. The van der Waals surface area contributed by atoms with Crippen LogP contribution in [0.25, 0.3) is 0 Å². The third kappa shape index (κ3) is 5.48. The average Bonchev–Trinajstić information content (AvgIpc) is 3.60. The zero-order chi connectivity index (χ0) is 30.4. The van der Waals surface area contributed by atoms with Crippen LogP contribution in [0.1, 0.15) is 121 Å². The van der Waals surface area contributed by atoms with E-state index >= 15 is 0 Å². The van der Waals surface area contributed by atoms with Crippen molar-refractivity contribution in [2.75, 3.05) is 19.6 Å². The zero-order valence-electron chi connectivity index (χ0n) is 27.1. The number of carbonyl (C=O) groups is 2. The Balaban J connectivity index is 1.16. The van der Waals surface area contributed by atoms with Crippen molar-refractivity contribution in [3.63, 3.8) is 0 Å². The number of benzene rings is 1. The number of rotatable bonds is 12. The standard InChI is InChI=1S/C37H54N2O5/c1-3-4-19-39(33(42)13-9-8-12-25-10-6-5-7-11-25)29-16-15-28-30-21-26-14-17-32(43-24(2)40)35-34(26)37(28,36(29)44-35)18-20-38(30)23-27-22-31(27)41/h14,17,25,27-31,36,41H,3-13,15-16,18-23H2,1-2H3/t27?,28-,29-,30+,31?,36-,37-/m0/s1. The number of aliphatic hydroxyl groups excluding tert-OH is 1. The van der Waals surface area contributed by atoms with Gasteiger partial charge in [-0.15, -0.1) is 0 Å². The van der Waals surface area contributed by atoms with Gasteiger partial charge in [0.05, 0.1) is 12.1 Å². The van der Waals surface area contributed by atoms with E-state index in [9.17, 15) is 14.7 Å². The SMILES string of the molecule is CCCCN(C(=O)CCCCC1CCCCC1)[C@H]1CC[C@H]2[C@H]3Cc4ccc(OC(C)=O)c5c4[C@@]2(CCN3CC2CC2O)[C@H]1O5. The summed E-state index contributed by atoms with van der Waals surface area (Å²) in [5.74, 6) is 2.98. The van der Waals surface area contributed by atoms with Crippen molar-refractivity contribution < 1.29 is 24.2 Å². The maximum absolute atomic E-state index is 14.1. The third-order valence-corrected chi connectivity index (χ3v) is 12.4. The van der Waals surface area contributed by atoms with Crippen LogP contribution < -0.4 is 9.47 Å². The fraction of sp³-hybridized carbons (Fsp3) is 0.784. The lowest BCUT2D eigenvalue weighted by atomic mass is 9.51. The number of aliphatic hydroxyl groups is 1. The summed E-state index contributed by atoms with van der Waals surface area (Å²) < 4.78 is 12.8. The average molecular weight is 607 g/mol. The first-order valence-corrected chi connectivity index (χ1v) is 18.1. The van der Waals surface area contributed by atoms with E-state index in [4.69, 9.17) is 9.47 Å². The van der Waals surface area contributed by atoms with Crippen molar-refractivity contribution in [1.82, 2.24) is 9.80 Å². The predicted octanol–water partition coefficient (Wildman–Crippen LogP) is 6.17. The largest absolute Gasteiger partial charge is 0.483 e. The topological polar surface area (TPSA) is 79.3 Å². The van der Waals surface area contributed by atoms with Gasteiger partial charge >= 0.3 is 5.97 Å². The van der Waals surface area contributed by atoms with Gasteiger partial charge in [-0.3, -0.25) is 14.5 Å². The number of carbonyl (C=O) groups excluding carboxylic acids is 2. The molecule has 7 nitrogen and oxygen atoms in total. The molecular weight excluding hydrogens is 552 g/mol. The van der Waals surface area contributed by atoms with Crippen LogP contribution >= 0.6 is 0 Å². The third-order valence-electron chi connectivity index (χ3n) is 12.4. The second-order valence-corrected chi connectivity index (χ2v) is 15.1. The Morgan fingerprint density at radius 2 is 1.93 bits per heavy atom. The van der Waals surface area contributed by atoms with Crippen molar-refractivity contribution in [3.05, 3.63) is 23.3 Å². The molecule has 1 N–H and O–H groups in total. The van der Waals surface area contributed by atoms with Gasteiger partial charge in [0.15, 0.2) is 11.5 Å². The van der Waals surface area contributed by atoms with Crippen molar-refractivity contribution in [2.24, 2.45) is 17.8 Å². The number of esters is 1. The zero-order valence-corrected chi connectivity index (χ0v) is 27.1. The van der Waals surface area contributed by atoms with Gasteiger partial charge < -0.3 is 19.5 Å². The molecule has 242 valence electrons. The van der Waals surface area contributed by atoms with Gasteiger partial charge in [-0.05, 0) is 75.0 Å². The molecule has 7 atom stereocenters. The molecule has 7 heteroatoms. The first-order valence-electron chi connectivity index (χ1n) is 18.1. The number of hydrogen-bond donors (Lipinski definition) is 1. The molecule has 0 radical (unpaired) electrons. The molecule has 4 fully saturated rings. The Kier molecular flexibility index (Phi) is 8.73. The highest BCUT2D eigenvalue weighted by molar-refractivity contribution is 5.77. The van der Waals surface area contributed by atoms with Crippen LogP contribution in [0.5, 0.6) is 11.5 Å². The molecule has 1 aromatic rings. The van der Waals surface area contributed by atoms with Gasteiger partial charge in [0, 0.05) is 49.4 Å². The normalized spacial score (nSPS) is 33.8. The van der Waals surface area contributed by atoms with E-state index < -0.39 is 0 Å². The maximum Gasteiger partial charge on any atom is 0.308 e. The Morgan fingerprint density at radius 3 is 2.68 bits per heavy atom. The minimum absolute atomic E-state index is 0.0321. The highest BCUT2D eigenvalue weighted by Crippen LogP contribution is 2.64. The lowest BCUT2D eigenvalue weighted by Crippen LogP contribution is -2.69. The van der Waals surface area contributed by atoms with Crippen LogP contribution in [0.2, 0.25) is 0 Å². The highest BCUT2D eigenvalue weighted by atomic mass is 16.6. The van der Waals surface area contributed by atoms with Gasteiger partial charge in [0.25, 0.3) is 0 Å². The number of unbranched alkanes of at least 4 members (excludes halogenated alkanes) is 2. The van der Waals surface area contributed by atoms with Crippen LogP contribution in [0, 0.1) is 17.8 Å². The number of amides is 1. The number of piperidine rings is 1. The van der Waals surface area contributed by atoms with E-state index in [1.165, 1.54) is 56.6 Å². The quantitative estimate of drug-likeness (QED) is 0.174. The molecule has 44 heavy (non-hydrogen) atoms. The number of hydrogen-bond acceptors (Lipinski definition) is 6. The van der Waals surface area contributed by atoms with E-state index in [-0.39, 0.29) is 29.6 Å². The van der Waals surface area contributed by atoms with Gasteiger partial charge in [-0.2, -0.15) is 0 Å². The summed E-state index contributed by atoms with van der Waals surface area (Å²) in [5, 5.41) is 10.2. The Morgan fingerprint density at radius 1 is 1.11 bits per heavy atom. The first kappa shape index (κ1) is 30.5. The van der Waals surface area contributed by atoms with Gasteiger partial charge in [0.2, 0.25) is 5.91 Å². The molecule has 1 amide bonds. The fourth-order valence-corrected chi connectivity index (χ4v) is 10.2. The molecule has 1 saturated heterocycles. The van der Waals surface area contributed by atoms with Crippen molar-refractivity contribution in [3.8, 4) is 11.5 Å². The molecule has 2 heterocycles. The van der Waals surface area contributed by atoms with Crippen molar-refractivity contribution in [1.29, 1.82) is 0 Å². The summed E-state index contributed by atoms with van der Waals surface area (Å²) >= 11 is 0. The van der Waals surface area contributed by atoms with Crippen LogP contribution in [0.15, 0.2) is 12.1 Å². The molecule has 6 aliphatic rings. The number of nitrogens with zero attached hydrogens (tertiary/aromatic N) is 2. The molecule has 2 unspecified atom stereocenters. The number of ether oxygens (including phenoxy) is 2. The van der Waals surface area contributed by atoms with Gasteiger partial charge in [0.1, 0.15) is 6.10 Å². The van der Waals surface area contributed by atoms with Gasteiger partial charge in [-0.25, -0.2) is 0 Å². The summed E-state index contributed by atoms with van der Waals surface area (Å²) in [6.07, 6.45) is 17.7.